The molecule has 0 aromatic heterocycles. The number of nitrogens with zero attached hydrogens (tertiary/aromatic N) is 1. The Morgan fingerprint density at radius 3 is 2.10 bits per heavy atom. The van der Waals surface area contributed by atoms with Crippen LogP contribution in [0, 0.1) is 0 Å². The topological polar surface area (TPSA) is 33.7 Å². The Morgan fingerprint density at radius 2 is 1.43 bits per heavy atom. The van der Waals surface area contributed by atoms with Gasteiger partial charge in [-0.3, -0.25) is 4.90 Å². The molecule has 2 aliphatic rings. The first-order valence-electron chi connectivity index (χ1n) is 10.8. The van der Waals surface area contributed by atoms with Crippen molar-refractivity contribution in [2.24, 2.45) is 0 Å². The molecule has 0 spiro atoms. The van der Waals surface area contributed by atoms with Crippen LogP contribution in [-0.4, -0.2) is 30.8 Å². The number of nitrogens with one attached hydrogen (secondary N) is 1. The third-order valence-corrected chi connectivity index (χ3v) is 6.16. The van der Waals surface area contributed by atoms with Crippen LogP contribution in [0.25, 0.3) is 0 Å². The second kappa shape index (κ2) is 8.90. The van der Waals surface area contributed by atoms with Gasteiger partial charge in [0, 0.05) is 25.7 Å². The van der Waals surface area contributed by atoms with Gasteiger partial charge in [0.05, 0.1) is 6.04 Å². The van der Waals surface area contributed by atoms with E-state index in [1.54, 1.807) is 0 Å². The Labute approximate surface area is 178 Å². The molecule has 0 atom stereocenters. The fraction of sp³-hybridized carbons (Fsp3) is 0.308. The smallest absolute Gasteiger partial charge is 0.231 e. The summed E-state index contributed by atoms with van der Waals surface area (Å²) in [6.07, 6.45) is 2.31. The number of likely N-dealkylation sites (tertiary alicyclic amines) is 1. The minimum atomic E-state index is 0.321. The second-order valence-corrected chi connectivity index (χ2v) is 8.10. The van der Waals surface area contributed by atoms with E-state index in [0.717, 1.165) is 44.0 Å². The quantitative estimate of drug-likeness (QED) is 0.647. The molecule has 1 N–H and O–H groups in total. The molecule has 2 heterocycles. The van der Waals surface area contributed by atoms with E-state index < -0.39 is 0 Å². The van der Waals surface area contributed by atoms with Gasteiger partial charge in [-0.2, -0.15) is 0 Å². The lowest BCUT2D eigenvalue weighted by Crippen LogP contribution is -2.43. The molecule has 0 radical (unpaired) electrons. The highest BCUT2D eigenvalue weighted by Crippen LogP contribution is 2.33. The largest absolute Gasteiger partial charge is 0.454 e. The molecule has 0 aliphatic carbocycles. The molecule has 154 valence electrons. The second-order valence-electron chi connectivity index (χ2n) is 8.10. The van der Waals surface area contributed by atoms with Crippen LogP contribution < -0.4 is 14.8 Å². The lowest BCUT2D eigenvalue weighted by Gasteiger charge is -2.38. The maximum absolute atomic E-state index is 5.50. The number of rotatable bonds is 6. The van der Waals surface area contributed by atoms with Crippen LogP contribution in [0.3, 0.4) is 0 Å². The van der Waals surface area contributed by atoms with Crippen LogP contribution in [0.5, 0.6) is 11.5 Å². The third kappa shape index (κ3) is 4.20. The highest BCUT2D eigenvalue weighted by Gasteiger charge is 2.27. The van der Waals surface area contributed by atoms with Crippen LogP contribution in [0.15, 0.2) is 78.9 Å². The number of fused-ring (bicyclic) bond motifs is 1. The van der Waals surface area contributed by atoms with Gasteiger partial charge in [0.15, 0.2) is 11.5 Å². The number of benzene rings is 3. The summed E-state index contributed by atoms with van der Waals surface area (Å²) in [7, 11) is 0. The van der Waals surface area contributed by atoms with Crippen molar-refractivity contribution in [3.63, 3.8) is 0 Å². The Bertz CT molecular complexity index is 914. The summed E-state index contributed by atoms with van der Waals surface area (Å²) in [5, 5.41) is 3.75. The molecule has 0 saturated carbocycles. The number of hydrogen-bond donors (Lipinski definition) is 1. The van der Waals surface area contributed by atoms with Crippen molar-refractivity contribution < 1.29 is 9.47 Å². The predicted octanol–water partition coefficient (Wildman–Crippen LogP) is 4.76. The van der Waals surface area contributed by atoms with E-state index in [0.29, 0.717) is 18.9 Å². The van der Waals surface area contributed by atoms with Gasteiger partial charge in [-0.25, -0.2) is 0 Å². The first-order valence-corrected chi connectivity index (χ1v) is 10.8. The zero-order chi connectivity index (χ0) is 20.2. The van der Waals surface area contributed by atoms with E-state index in [4.69, 9.17) is 9.47 Å². The molecular formula is C26H28N2O2. The standard InChI is InChI=1S/C26H28N2O2/c1-3-7-21(8-4-1)26(22-9-5-2-6-10-22)28-15-13-23(14-16-28)27-18-20-11-12-24-25(17-20)30-19-29-24/h1-12,17,23,26-27H,13-16,18-19H2. The van der Waals surface area contributed by atoms with E-state index in [2.05, 4.69) is 83.0 Å². The van der Waals surface area contributed by atoms with Crippen molar-refractivity contribution in [1.29, 1.82) is 0 Å². The first-order chi connectivity index (χ1) is 14.9. The van der Waals surface area contributed by atoms with Crippen LogP contribution in [0.2, 0.25) is 0 Å². The fourth-order valence-corrected chi connectivity index (χ4v) is 4.56. The van der Waals surface area contributed by atoms with Gasteiger partial charge in [-0.15, -0.1) is 0 Å². The predicted molar refractivity (Wildman–Crippen MR) is 119 cm³/mol. The lowest BCUT2D eigenvalue weighted by atomic mass is 9.94. The fourth-order valence-electron chi connectivity index (χ4n) is 4.56. The van der Waals surface area contributed by atoms with Crippen LogP contribution in [0.4, 0.5) is 0 Å². The van der Waals surface area contributed by atoms with Crippen LogP contribution in [0.1, 0.15) is 35.6 Å². The summed E-state index contributed by atoms with van der Waals surface area (Å²) in [6.45, 7) is 3.37. The summed E-state index contributed by atoms with van der Waals surface area (Å²) in [5.74, 6) is 1.71. The van der Waals surface area contributed by atoms with E-state index in [1.165, 1.54) is 16.7 Å². The minimum absolute atomic E-state index is 0.321. The summed E-state index contributed by atoms with van der Waals surface area (Å²) in [4.78, 5) is 2.63. The average Bonchev–Trinajstić information content (AvgIpc) is 3.28. The van der Waals surface area contributed by atoms with Gasteiger partial charge in [0.2, 0.25) is 6.79 Å². The SMILES string of the molecule is c1ccc(C(c2ccccc2)N2CCC(NCc3ccc4c(c3)OCO4)CC2)cc1. The van der Waals surface area contributed by atoms with E-state index in [1.807, 2.05) is 6.07 Å². The maximum atomic E-state index is 5.50. The molecule has 4 nitrogen and oxygen atoms in total. The maximum Gasteiger partial charge on any atom is 0.231 e. The summed E-state index contributed by atoms with van der Waals surface area (Å²) in [6, 6.07) is 28.9. The molecule has 1 saturated heterocycles. The van der Waals surface area contributed by atoms with Crippen molar-refractivity contribution in [2.75, 3.05) is 19.9 Å². The molecule has 0 unspecified atom stereocenters. The molecule has 4 heteroatoms. The average molecular weight is 401 g/mol. The van der Waals surface area contributed by atoms with Gasteiger partial charge in [0.1, 0.15) is 0 Å². The molecule has 2 aliphatic heterocycles. The molecule has 30 heavy (non-hydrogen) atoms. The van der Waals surface area contributed by atoms with Crippen LogP contribution >= 0.6 is 0 Å². The monoisotopic (exact) mass is 400 g/mol. The summed E-state index contributed by atoms with van der Waals surface area (Å²) in [5.41, 5.74) is 3.99. The number of piperidine rings is 1. The number of ether oxygens (including phenoxy) is 2. The number of hydrogen-bond acceptors (Lipinski definition) is 4. The van der Waals surface area contributed by atoms with E-state index in [-0.39, 0.29) is 0 Å². The van der Waals surface area contributed by atoms with Crippen molar-refractivity contribution in [1.82, 2.24) is 10.2 Å². The van der Waals surface area contributed by atoms with Gasteiger partial charge >= 0.3 is 0 Å². The highest BCUT2D eigenvalue weighted by atomic mass is 16.7. The molecule has 0 bridgehead atoms. The molecule has 3 aromatic carbocycles. The van der Waals surface area contributed by atoms with Gasteiger partial charge < -0.3 is 14.8 Å². The van der Waals surface area contributed by atoms with Crippen LogP contribution in [-0.2, 0) is 6.54 Å². The van der Waals surface area contributed by atoms with Gasteiger partial charge in [0.25, 0.3) is 0 Å². The zero-order valence-electron chi connectivity index (χ0n) is 17.2. The Balaban J connectivity index is 1.22. The lowest BCUT2D eigenvalue weighted by molar-refractivity contribution is 0.162. The molecule has 1 fully saturated rings. The molecule has 0 amide bonds. The Hall–Kier alpha value is -2.82. The highest BCUT2D eigenvalue weighted by molar-refractivity contribution is 5.44. The van der Waals surface area contributed by atoms with Crippen molar-refractivity contribution in [3.8, 4) is 11.5 Å². The molecule has 5 rings (SSSR count). The summed E-state index contributed by atoms with van der Waals surface area (Å²) < 4.78 is 10.9. The van der Waals surface area contributed by atoms with Gasteiger partial charge in [-0.05, 0) is 41.7 Å². The van der Waals surface area contributed by atoms with E-state index >= 15 is 0 Å². The summed E-state index contributed by atoms with van der Waals surface area (Å²) >= 11 is 0. The Kier molecular flexibility index (Phi) is 5.69. The van der Waals surface area contributed by atoms with Gasteiger partial charge in [-0.1, -0.05) is 66.7 Å². The molecular weight excluding hydrogens is 372 g/mol. The molecule has 3 aromatic rings. The van der Waals surface area contributed by atoms with Crippen molar-refractivity contribution in [2.45, 2.75) is 31.5 Å². The van der Waals surface area contributed by atoms with Crippen molar-refractivity contribution in [3.05, 3.63) is 95.6 Å². The van der Waals surface area contributed by atoms with Crippen molar-refractivity contribution >= 4 is 0 Å². The Morgan fingerprint density at radius 1 is 0.800 bits per heavy atom. The third-order valence-electron chi connectivity index (χ3n) is 6.16. The van der Waals surface area contributed by atoms with E-state index in [9.17, 15) is 0 Å². The first kappa shape index (κ1) is 19.2. The normalized spacial score (nSPS) is 16.8. The zero-order valence-corrected chi connectivity index (χ0v) is 17.2. The minimum Gasteiger partial charge on any atom is -0.454 e.